The lowest BCUT2D eigenvalue weighted by Crippen LogP contribution is -2.36. The van der Waals surface area contributed by atoms with Crippen LogP contribution < -0.4 is 0 Å². The Bertz CT molecular complexity index is 515. The molecule has 1 aromatic carbocycles. The summed E-state index contributed by atoms with van der Waals surface area (Å²) in [6.45, 7) is 6.31. The Morgan fingerprint density at radius 1 is 1.27 bits per heavy atom. The standard InChI is InChI=1S/C19H28O3/c1-4-14(3)15-9-10-17(20)16(13-15)18(21)22-19(5-2)11-7-6-8-12-19/h9-10,13-14,20H,4-8,11-12H2,1-3H3. The SMILES string of the molecule is CCC(C)c1ccc(O)c(C(=O)OC2(CC)CCCCC2)c1. The summed E-state index contributed by atoms with van der Waals surface area (Å²) >= 11 is 0. The lowest BCUT2D eigenvalue weighted by atomic mass is 9.82. The van der Waals surface area contributed by atoms with Gasteiger partial charge in [0, 0.05) is 0 Å². The first-order chi connectivity index (χ1) is 10.5. The minimum Gasteiger partial charge on any atom is -0.507 e. The molecular formula is C19H28O3. The molecule has 1 aliphatic carbocycles. The molecule has 0 amide bonds. The molecule has 1 fully saturated rings. The number of ether oxygens (including phenoxy) is 1. The number of esters is 1. The van der Waals surface area contributed by atoms with Crippen molar-refractivity contribution in [2.24, 2.45) is 0 Å². The summed E-state index contributed by atoms with van der Waals surface area (Å²) in [6.07, 6.45) is 7.14. The average molecular weight is 304 g/mol. The van der Waals surface area contributed by atoms with Crippen molar-refractivity contribution in [3.05, 3.63) is 29.3 Å². The highest BCUT2D eigenvalue weighted by atomic mass is 16.6. The summed E-state index contributed by atoms with van der Waals surface area (Å²) in [7, 11) is 0. The lowest BCUT2D eigenvalue weighted by Gasteiger charge is -2.36. The van der Waals surface area contributed by atoms with Crippen molar-refractivity contribution in [2.45, 2.75) is 77.2 Å². The fourth-order valence-corrected chi connectivity index (χ4v) is 3.23. The molecule has 0 bridgehead atoms. The topological polar surface area (TPSA) is 46.5 Å². The molecule has 0 aromatic heterocycles. The van der Waals surface area contributed by atoms with E-state index in [0.29, 0.717) is 11.5 Å². The van der Waals surface area contributed by atoms with Gasteiger partial charge in [-0.1, -0.05) is 33.3 Å². The van der Waals surface area contributed by atoms with Gasteiger partial charge in [0.2, 0.25) is 0 Å². The maximum atomic E-state index is 12.6. The molecule has 22 heavy (non-hydrogen) atoms. The zero-order valence-electron chi connectivity index (χ0n) is 14.0. The predicted molar refractivity (Wildman–Crippen MR) is 88.3 cm³/mol. The molecule has 0 radical (unpaired) electrons. The molecule has 2 rings (SSSR count). The third-order valence-corrected chi connectivity index (χ3v) is 5.14. The smallest absolute Gasteiger partial charge is 0.342 e. The Hall–Kier alpha value is -1.51. The van der Waals surface area contributed by atoms with Gasteiger partial charge in [-0.25, -0.2) is 4.79 Å². The van der Waals surface area contributed by atoms with Crippen LogP contribution in [-0.4, -0.2) is 16.7 Å². The molecule has 122 valence electrons. The number of benzene rings is 1. The van der Waals surface area contributed by atoms with E-state index in [0.717, 1.165) is 44.1 Å². The van der Waals surface area contributed by atoms with E-state index < -0.39 is 0 Å². The van der Waals surface area contributed by atoms with E-state index in [9.17, 15) is 9.90 Å². The minimum atomic E-state index is -0.383. The highest BCUT2D eigenvalue weighted by Gasteiger charge is 2.35. The van der Waals surface area contributed by atoms with Gasteiger partial charge >= 0.3 is 5.97 Å². The van der Waals surface area contributed by atoms with Crippen LogP contribution >= 0.6 is 0 Å². The van der Waals surface area contributed by atoms with E-state index >= 15 is 0 Å². The first kappa shape index (κ1) is 16.9. The Labute approximate surface area is 133 Å². The van der Waals surface area contributed by atoms with Gasteiger partial charge in [-0.3, -0.25) is 0 Å². The van der Waals surface area contributed by atoms with Crippen LogP contribution in [0, 0.1) is 0 Å². The molecule has 1 aromatic rings. The first-order valence-electron chi connectivity index (χ1n) is 8.57. The van der Waals surface area contributed by atoms with Gasteiger partial charge in [0.05, 0.1) is 0 Å². The van der Waals surface area contributed by atoms with Gasteiger partial charge in [-0.2, -0.15) is 0 Å². The summed E-state index contributed by atoms with van der Waals surface area (Å²) in [5.74, 6) is -0.00696. The number of carbonyl (C=O) groups excluding carboxylic acids is 1. The first-order valence-corrected chi connectivity index (χ1v) is 8.57. The third kappa shape index (κ3) is 3.63. The van der Waals surface area contributed by atoms with Crippen LogP contribution in [0.4, 0.5) is 0 Å². The van der Waals surface area contributed by atoms with Crippen LogP contribution in [0.25, 0.3) is 0 Å². The maximum absolute atomic E-state index is 12.6. The molecule has 0 heterocycles. The second-order valence-electron chi connectivity index (χ2n) is 6.57. The summed E-state index contributed by atoms with van der Waals surface area (Å²) < 4.78 is 5.86. The van der Waals surface area contributed by atoms with Gasteiger partial charge in [0.1, 0.15) is 16.9 Å². The molecule has 3 nitrogen and oxygen atoms in total. The van der Waals surface area contributed by atoms with E-state index in [2.05, 4.69) is 20.8 Å². The van der Waals surface area contributed by atoms with Crippen LogP contribution in [0.5, 0.6) is 5.75 Å². The Morgan fingerprint density at radius 3 is 2.55 bits per heavy atom. The molecule has 1 atom stereocenters. The zero-order valence-corrected chi connectivity index (χ0v) is 14.0. The van der Waals surface area contributed by atoms with Gasteiger partial charge in [0.15, 0.2) is 0 Å². The highest BCUT2D eigenvalue weighted by Crippen LogP contribution is 2.36. The maximum Gasteiger partial charge on any atom is 0.342 e. The molecule has 1 aliphatic rings. The summed E-state index contributed by atoms with van der Waals surface area (Å²) in [5.41, 5.74) is 1.03. The van der Waals surface area contributed by atoms with Crippen molar-refractivity contribution in [2.75, 3.05) is 0 Å². The Balaban J connectivity index is 2.21. The van der Waals surface area contributed by atoms with Crippen LogP contribution in [0.2, 0.25) is 0 Å². The molecule has 1 saturated carbocycles. The van der Waals surface area contributed by atoms with Gasteiger partial charge in [-0.15, -0.1) is 0 Å². The quantitative estimate of drug-likeness (QED) is 0.763. The lowest BCUT2D eigenvalue weighted by molar-refractivity contribution is -0.0399. The van der Waals surface area contributed by atoms with Crippen molar-refractivity contribution < 1.29 is 14.6 Å². The van der Waals surface area contributed by atoms with Gasteiger partial charge in [-0.05, 0) is 62.1 Å². The molecule has 3 heteroatoms. The van der Waals surface area contributed by atoms with Crippen LogP contribution in [0.1, 0.15) is 87.6 Å². The number of rotatable bonds is 5. The van der Waals surface area contributed by atoms with Crippen LogP contribution in [-0.2, 0) is 4.74 Å². The second-order valence-corrected chi connectivity index (χ2v) is 6.57. The van der Waals surface area contributed by atoms with Crippen LogP contribution in [0.3, 0.4) is 0 Å². The zero-order chi connectivity index (χ0) is 16.2. The Kier molecular flexibility index (Phi) is 5.49. The van der Waals surface area contributed by atoms with E-state index in [1.807, 2.05) is 6.07 Å². The second kappa shape index (κ2) is 7.17. The van der Waals surface area contributed by atoms with Crippen LogP contribution in [0.15, 0.2) is 18.2 Å². The number of hydrogen-bond acceptors (Lipinski definition) is 3. The molecule has 0 spiro atoms. The largest absolute Gasteiger partial charge is 0.507 e. The number of aromatic hydroxyl groups is 1. The molecule has 0 saturated heterocycles. The summed E-state index contributed by atoms with van der Waals surface area (Å²) in [4.78, 5) is 12.6. The van der Waals surface area contributed by atoms with E-state index in [1.165, 1.54) is 6.42 Å². The van der Waals surface area contributed by atoms with Crippen molar-refractivity contribution in [1.82, 2.24) is 0 Å². The normalized spacial score (nSPS) is 18.7. The number of carbonyl (C=O) groups is 1. The number of phenolic OH excluding ortho intramolecular Hbond substituents is 1. The highest BCUT2D eigenvalue weighted by molar-refractivity contribution is 5.93. The van der Waals surface area contributed by atoms with E-state index in [4.69, 9.17) is 4.74 Å². The van der Waals surface area contributed by atoms with Gasteiger partial charge < -0.3 is 9.84 Å². The molecular weight excluding hydrogens is 276 g/mol. The minimum absolute atomic E-state index is 0.0131. The third-order valence-electron chi connectivity index (χ3n) is 5.14. The number of hydrogen-bond donors (Lipinski definition) is 1. The summed E-state index contributed by atoms with van der Waals surface area (Å²) in [6, 6.07) is 5.28. The Morgan fingerprint density at radius 2 is 1.95 bits per heavy atom. The fourth-order valence-electron chi connectivity index (χ4n) is 3.23. The fraction of sp³-hybridized carbons (Fsp3) is 0.632. The predicted octanol–water partition coefficient (Wildman–Crippen LogP) is 5.18. The summed E-state index contributed by atoms with van der Waals surface area (Å²) in [5, 5.41) is 10.0. The molecule has 1 unspecified atom stereocenters. The monoisotopic (exact) mass is 304 g/mol. The van der Waals surface area contributed by atoms with Crippen molar-refractivity contribution in [1.29, 1.82) is 0 Å². The van der Waals surface area contributed by atoms with Crippen molar-refractivity contribution in [3.8, 4) is 5.75 Å². The average Bonchev–Trinajstić information content (AvgIpc) is 2.55. The number of phenols is 1. The molecule has 1 N–H and O–H groups in total. The van der Waals surface area contributed by atoms with E-state index in [-0.39, 0.29) is 17.3 Å². The molecule has 0 aliphatic heterocycles. The van der Waals surface area contributed by atoms with Crippen molar-refractivity contribution in [3.63, 3.8) is 0 Å². The van der Waals surface area contributed by atoms with Gasteiger partial charge in [0.25, 0.3) is 0 Å². The van der Waals surface area contributed by atoms with Crippen molar-refractivity contribution >= 4 is 5.97 Å². The van der Waals surface area contributed by atoms with E-state index in [1.54, 1.807) is 12.1 Å².